The van der Waals surface area contributed by atoms with E-state index in [0.29, 0.717) is 33.8 Å². The van der Waals surface area contributed by atoms with E-state index in [9.17, 15) is 5.26 Å². The second-order valence-corrected chi connectivity index (χ2v) is 6.51. The highest BCUT2D eigenvalue weighted by molar-refractivity contribution is 6.00. The molecule has 0 fully saturated rings. The van der Waals surface area contributed by atoms with E-state index < -0.39 is 0 Å². The monoisotopic (exact) mass is 386 g/mol. The Morgan fingerprint density at radius 1 is 1.07 bits per heavy atom. The van der Waals surface area contributed by atoms with E-state index in [1.807, 2.05) is 60.1 Å². The molecule has 3 N–H and O–H groups in total. The van der Waals surface area contributed by atoms with Crippen LogP contribution in [0.5, 0.6) is 11.5 Å². The summed E-state index contributed by atoms with van der Waals surface area (Å²) in [6, 6.07) is 17.5. The SMILES string of the molecule is COc1cccc(-c2c(C#N)c(N)nc3c2c(C)[nH][n+]3-c2ccccc2)c1OC. The molecule has 7 heteroatoms. The number of hydrogen-bond donors (Lipinski definition) is 2. The summed E-state index contributed by atoms with van der Waals surface area (Å²) < 4.78 is 12.9. The topological polar surface area (TPSA) is 101 Å². The Kier molecular flexibility index (Phi) is 4.53. The van der Waals surface area contributed by atoms with Crippen LogP contribution >= 0.6 is 0 Å². The van der Waals surface area contributed by atoms with Gasteiger partial charge in [-0.15, -0.1) is 4.68 Å². The molecule has 0 spiro atoms. The van der Waals surface area contributed by atoms with Crippen molar-refractivity contribution in [3.8, 4) is 34.4 Å². The third-order valence-electron chi connectivity index (χ3n) is 4.87. The van der Waals surface area contributed by atoms with E-state index in [1.165, 1.54) is 0 Å². The number of nitrogen functional groups attached to an aromatic ring is 1. The van der Waals surface area contributed by atoms with Crippen molar-refractivity contribution in [3.63, 3.8) is 0 Å². The molecule has 4 aromatic rings. The lowest BCUT2D eigenvalue weighted by molar-refractivity contribution is -0.632. The first-order valence-electron chi connectivity index (χ1n) is 9.01. The van der Waals surface area contributed by atoms with Crippen LogP contribution in [0.1, 0.15) is 11.3 Å². The quantitative estimate of drug-likeness (QED) is 0.524. The Hall–Kier alpha value is -4.05. The third-order valence-corrected chi connectivity index (χ3v) is 4.87. The summed E-state index contributed by atoms with van der Waals surface area (Å²) in [5.41, 5.74) is 10.3. The van der Waals surface area contributed by atoms with E-state index >= 15 is 0 Å². The minimum atomic E-state index is 0.156. The number of ether oxygens (including phenoxy) is 2. The van der Waals surface area contributed by atoms with Gasteiger partial charge in [0.25, 0.3) is 5.82 Å². The molecule has 144 valence electrons. The van der Waals surface area contributed by atoms with Crippen molar-refractivity contribution < 1.29 is 14.2 Å². The molecule has 0 amide bonds. The zero-order chi connectivity index (χ0) is 20.5. The number of benzene rings is 2. The molecule has 7 nitrogen and oxygen atoms in total. The van der Waals surface area contributed by atoms with E-state index in [4.69, 9.17) is 15.2 Å². The van der Waals surface area contributed by atoms with Crippen molar-refractivity contribution in [2.45, 2.75) is 6.92 Å². The maximum absolute atomic E-state index is 9.87. The lowest BCUT2D eigenvalue weighted by Crippen LogP contribution is -2.33. The Balaban J connectivity index is 2.16. The summed E-state index contributed by atoms with van der Waals surface area (Å²) >= 11 is 0. The van der Waals surface area contributed by atoms with Crippen LogP contribution in [0.4, 0.5) is 5.82 Å². The van der Waals surface area contributed by atoms with Gasteiger partial charge in [-0.3, -0.25) is 0 Å². The number of aromatic nitrogens is 3. The van der Waals surface area contributed by atoms with Gasteiger partial charge in [0.2, 0.25) is 0 Å². The number of fused-ring (bicyclic) bond motifs is 1. The maximum atomic E-state index is 9.87. The van der Waals surface area contributed by atoms with Crippen LogP contribution in [0, 0.1) is 18.3 Å². The second-order valence-electron chi connectivity index (χ2n) is 6.51. The van der Waals surface area contributed by atoms with Gasteiger partial charge in [-0.25, -0.2) is 5.10 Å². The zero-order valence-corrected chi connectivity index (χ0v) is 16.4. The van der Waals surface area contributed by atoms with Gasteiger partial charge in [0.05, 0.1) is 19.9 Å². The molecule has 2 aromatic heterocycles. The van der Waals surface area contributed by atoms with Crippen LogP contribution in [0.2, 0.25) is 0 Å². The number of methoxy groups -OCH3 is 2. The largest absolute Gasteiger partial charge is 0.493 e. The number of nitriles is 1. The minimum absolute atomic E-state index is 0.156. The molecule has 0 unspecified atom stereocenters. The van der Waals surface area contributed by atoms with E-state index in [2.05, 4.69) is 16.2 Å². The number of rotatable bonds is 4. The van der Waals surface area contributed by atoms with Gasteiger partial charge >= 0.3 is 5.65 Å². The van der Waals surface area contributed by atoms with Gasteiger partial charge in [-0.2, -0.15) is 5.26 Å². The van der Waals surface area contributed by atoms with Crippen molar-refractivity contribution in [2.24, 2.45) is 0 Å². The summed E-state index contributed by atoms with van der Waals surface area (Å²) in [4.78, 5) is 4.54. The molecule has 0 saturated carbocycles. The Morgan fingerprint density at radius 2 is 1.83 bits per heavy atom. The van der Waals surface area contributed by atoms with Crippen LogP contribution in [0.25, 0.3) is 27.8 Å². The van der Waals surface area contributed by atoms with Gasteiger partial charge in [-0.05, 0) is 30.1 Å². The van der Waals surface area contributed by atoms with Gasteiger partial charge in [0, 0.05) is 11.1 Å². The fourth-order valence-electron chi connectivity index (χ4n) is 3.61. The number of para-hydroxylation sites is 2. The fourth-order valence-corrected chi connectivity index (χ4v) is 3.61. The third kappa shape index (κ3) is 2.82. The number of H-pyrrole nitrogens is 1. The van der Waals surface area contributed by atoms with Crippen LogP contribution in [-0.2, 0) is 0 Å². The standard InChI is InChI=1S/C22H19N5O2/c1-13-18-19(15-10-7-11-17(28-2)20(15)29-3)16(12-23)21(24)25-22(18)27(26-13)14-8-5-4-6-9-14/h4-11H,1-3H3,(H2,24,25,26)/p+1. The first-order chi connectivity index (χ1) is 14.1. The van der Waals surface area contributed by atoms with Gasteiger partial charge in [0.1, 0.15) is 17.0 Å². The zero-order valence-electron chi connectivity index (χ0n) is 16.4. The minimum Gasteiger partial charge on any atom is -0.493 e. The first-order valence-corrected chi connectivity index (χ1v) is 9.01. The highest BCUT2D eigenvalue weighted by Gasteiger charge is 2.29. The average molecular weight is 386 g/mol. The number of aromatic amines is 1. The molecule has 0 saturated heterocycles. The first kappa shape index (κ1) is 18.3. The van der Waals surface area contributed by atoms with Crippen LogP contribution in [-0.4, -0.2) is 24.3 Å². The Labute approximate surface area is 167 Å². The molecule has 0 aliphatic carbocycles. The average Bonchev–Trinajstić information content (AvgIpc) is 3.08. The highest BCUT2D eigenvalue weighted by Crippen LogP contribution is 2.43. The van der Waals surface area contributed by atoms with Crippen molar-refractivity contribution in [2.75, 3.05) is 20.0 Å². The molecule has 0 bridgehead atoms. The van der Waals surface area contributed by atoms with Gasteiger partial charge in [0.15, 0.2) is 17.2 Å². The van der Waals surface area contributed by atoms with Crippen molar-refractivity contribution in [1.82, 2.24) is 10.1 Å². The normalized spacial score (nSPS) is 10.7. The Morgan fingerprint density at radius 3 is 2.48 bits per heavy atom. The second kappa shape index (κ2) is 7.17. The number of aryl methyl sites for hydroxylation is 1. The van der Waals surface area contributed by atoms with Gasteiger partial charge in [-0.1, -0.05) is 30.3 Å². The van der Waals surface area contributed by atoms with E-state index in [0.717, 1.165) is 16.8 Å². The molecule has 2 heterocycles. The molecule has 29 heavy (non-hydrogen) atoms. The van der Waals surface area contributed by atoms with Crippen molar-refractivity contribution in [3.05, 3.63) is 59.8 Å². The van der Waals surface area contributed by atoms with E-state index in [1.54, 1.807) is 14.2 Å². The summed E-state index contributed by atoms with van der Waals surface area (Å²) in [5.74, 6) is 1.26. The maximum Gasteiger partial charge on any atom is 0.359 e. The number of anilines is 1. The summed E-state index contributed by atoms with van der Waals surface area (Å²) in [6.07, 6.45) is 0. The molecule has 0 aliphatic heterocycles. The lowest BCUT2D eigenvalue weighted by atomic mass is 9.96. The van der Waals surface area contributed by atoms with Crippen LogP contribution < -0.4 is 19.9 Å². The highest BCUT2D eigenvalue weighted by atomic mass is 16.5. The van der Waals surface area contributed by atoms with Crippen LogP contribution in [0.3, 0.4) is 0 Å². The summed E-state index contributed by atoms with van der Waals surface area (Å²) in [5, 5.41) is 14.0. The summed E-state index contributed by atoms with van der Waals surface area (Å²) in [6.45, 7) is 1.94. The predicted octanol–water partition coefficient (Wildman–Crippen LogP) is 3.29. The van der Waals surface area contributed by atoms with Crippen molar-refractivity contribution in [1.29, 1.82) is 5.26 Å². The van der Waals surface area contributed by atoms with E-state index in [-0.39, 0.29) is 5.82 Å². The predicted molar refractivity (Wildman–Crippen MR) is 110 cm³/mol. The number of nitrogens with zero attached hydrogens (tertiary/aromatic N) is 3. The molecule has 0 aliphatic rings. The lowest BCUT2D eigenvalue weighted by Gasteiger charge is -2.14. The summed E-state index contributed by atoms with van der Waals surface area (Å²) in [7, 11) is 3.15. The number of nitrogens with one attached hydrogen (secondary N) is 1. The number of pyridine rings is 1. The smallest absolute Gasteiger partial charge is 0.359 e. The molecule has 2 aromatic carbocycles. The molecule has 0 atom stereocenters. The fraction of sp³-hybridized carbons (Fsp3) is 0.136. The number of nitrogens with two attached hydrogens (primary N) is 1. The van der Waals surface area contributed by atoms with Crippen molar-refractivity contribution >= 4 is 16.9 Å². The molecule has 4 rings (SSSR count). The number of hydrogen-bond acceptors (Lipinski definition) is 5. The van der Waals surface area contributed by atoms with Crippen LogP contribution in [0.15, 0.2) is 48.5 Å². The molecule has 0 radical (unpaired) electrons. The molecular formula is C22H20N5O2+. The van der Waals surface area contributed by atoms with Gasteiger partial charge < -0.3 is 15.2 Å². The molecular weight excluding hydrogens is 366 g/mol. The Bertz CT molecular complexity index is 1260.